The van der Waals surface area contributed by atoms with E-state index in [9.17, 15) is 0 Å². The fourth-order valence-corrected chi connectivity index (χ4v) is 2.79. The van der Waals surface area contributed by atoms with E-state index in [1.807, 2.05) is 23.5 Å². The van der Waals surface area contributed by atoms with Crippen molar-refractivity contribution in [3.8, 4) is 5.75 Å². The Hall–Kier alpha value is -1.32. The van der Waals surface area contributed by atoms with Crippen LogP contribution in [0.5, 0.6) is 5.75 Å². The summed E-state index contributed by atoms with van der Waals surface area (Å²) in [5.41, 5.74) is 1.23. The lowest BCUT2D eigenvalue weighted by molar-refractivity contribution is 0.313. The van der Waals surface area contributed by atoms with Crippen molar-refractivity contribution in [1.29, 1.82) is 0 Å². The van der Waals surface area contributed by atoms with Gasteiger partial charge in [0.25, 0.3) is 0 Å². The van der Waals surface area contributed by atoms with Gasteiger partial charge in [0.1, 0.15) is 12.4 Å². The number of hydrogen-bond donors (Lipinski definition) is 1. The van der Waals surface area contributed by atoms with Crippen LogP contribution in [-0.2, 0) is 13.0 Å². The minimum absolute atomic E-state index is 0.704. The van der Waals surface area contributed by atoms with Crippen LogP contribution in [0.25, 0.3) is 0 Å². The highest BCUT2D eigenvalue weighted by molar-refractivity contribution is 7.11. The second-order valence-electron chi connectivity index (χ2n) is 4.56. The van der Waals surface area contributed by atoms with Crippen molar-refractivity contribution in [1.82, 2.24) is 5.32 Å². The Balaban J connectivity index is 1.64. The Morgan fingerprint density at radius 1 is 1.16 bits per heavy atom. The molecule has 0 unspecified atom stereocenters. The molecule has 0 saturated heterocycles. The molecular weight excluding hydrogens is 254 g/mol. The molecule has 1 N–H and O–H groups in total. The molecule has 0 bridgehead atoms. The van der Waals surface area contributed by atoms with Crippen LogP contribution >= 0.6 is 11.3 Å². The van der Waals surface area contributed by atoms with Gasteiger partial charge in [-0.05, 0) is 43.2 Å². The highest BCUT2D eigenvalue weighted by atomic mass is 32.1. The fourth-order valence-electron chi connectivity index (χ4n) is 1.87. The minimum atomic E-state index is 0.704. The maximum absolute atomic E-state index is 5.69. The summed E-state index contributed by atoms with van der Waals surface area (Å²) in [5.74, 6) is 0.950. The molecule has 1 aromatic heterocycles. The average molecular weight is 275 g/mol. The molecule has 19 heavy (non-hydrogen) atoms. The second-order valence-corrected chi connectivity index (χ2v) is 5.82. The number of nitrogens with one attached hydrogen (secondary N) is 1. The van der Waals surface area contributed by atoms with Crippen molar-refractivity contribution in [2.45, 2.75) is 26.8 Å². The van der Waals surface area contributed by atoms with Gasteiger partial charge in [0, 0.05) is 22.8 Å². The molecule has 1 aromatic carbocycles. The summed E-state index contributed by atoms with van der Waals surface area (Å²) in [6.45, 7) is 6.77. The topological polar surface area (TPSA) is 21.3 Å². The first-order chi connectivity index (χ1) is 9.28. The van der Waals surface area contributed by atoms with E-state index < -0.39 is 0 Å². The SMILES string of the molecule is CCc1ccc(CNCCOc2cccc(C)c2)s1. The summed E-state index contributed by atoms with van der Waals surface area (Å²) in [6.07, 6.45) is 1.13. The number of thiophene rings is 1. The molecule has 2 aromatic rings. The predicted octanol–water partition coefficient (Wildman–Crippen LogP) is 3.79. The van der Waals surface area contributed by atoms with Gasteiger partial charge in [-0.2, -0.15) is 0 Å². The summed E-state index contributed by atoms with van der Waals surface area (Å²) in [7, 11) is 0. The van der Waals surface area contributed by atoms with E-state index in [0.717, 1.165) is 25.3 Å². The van der Waals surface area contributed by atoms with Gasteiger partial charge in [0.15, 0.2) is 0 Å². The molecule has 2 nitrogen and oxygen atoms in total. The van der Waals surface area contributed by atoms with Crippen molar-refractivity contribution in [3.05, 3.63) is 51.7 Å². The Morgan fingerprint density at radius 3 is 2.74 bits per heavy atom. The maximum Gasteiger partial charge on any atom is 0.119 e. The molecule has 2 rings (SSSR count). The number of benzene rings is 1. The first kappa shape index (κ1) is 14.1. The summed E-state index contributed by atoms with van der Waals surface area (Å²) in [6, 6.07) is 12.6. The first-order valence-corrected chi connectivity index (χ1v) is 7.57. The van der Waals surface area contributed by atoms with Crippen LogP contribution in [0.1, 0.15) is 22.2 Å². The normalized spacial score (nSPS) is 10.6. The number of aryl methyl sites for hydroxylation is 2. The van der Waals surface area contributed by atoms with Gasteiger partial charge in [-0.15, -0.1) is 11.3 Å². The van der Waals surface area contributed by atoms with Gasteiger partial charge in [0.2, 0.25) is 0 Å². The molecule has 0 amide bonds. The second kappa shape index (κ2) is 7.31. The van der Waals surface area contributed by atoms with Crippen molar-refractivity contribution in [2.24, 2.45) is 0 Å². The molecule has 0 atom stereocenters. The van der Waals surface area contributed by atoms with Crippen molar-refractivity contribution in [3.63, 3.8) is 0 Å². The summed E-state index contributed by atoms with van der Waals surface area (Å²) in [4.78, 5) is 2.85. The van der Waals surface area contributed by atoms with Crippen molar-refractivity contribution < 1.29 is 4.74 Å². The zero-order chi connectivity index (χ0) is 13.5. The predicted molar refractivity (Wildman–Crippen MR) is 82.1 cm³/mol. The first-order valence-electron chi connectivity index (χ1n) is 6.75. The summed E-state index contributed by atoms with van der Waals surface area (Å²) >= 11 is 1.89. The van der Waals surface area contributed by atoms with Crippen LogP contribution < -0.4 is 10.1 Å². The van der Waals surface area contributed by atoms with Gasteiger partial charge in [0.05, 0.1) is 0 Å². The quantitative estimate of drug-likeness (QED) is 0.776. The lowest BCUT2D eigenvalue weighted by Gasteiger charge is -2.07. The molecular formula is C16H21NOS. The van der Waals surface area contributed by atoms with Crippen LogP contribution in [0, 0.1) is 6.92 Å². The van der Waals surface area contributed by atoms with Crippen LogP contribution in [0.3, 0.4) is 0 Å². The monoisotopic (exact) mass is 275 g/mol. The van der Waals surface area contributed by atoms with Crippen molar-refractivity contribution >= 4 is 11.3 Å². The fraction of sp³-hybridized carbons (Fsp3) is 0.375. The average Bonchev–Trinajstić information content (AvgIpc) is 2.86. The smallest absolute Gasteiger partial charge is 0.119 e. The third kappa shape index (κ3) is 4.69. The molecule has 0 aliphatic heterocycles. The Kier molecular flexibility index (Phi) is 5.43. The van der Waals surface area contributed by atoms with E-state index >= 15 is 0 Å². The number of hydrogen-bond acceptors (Lipinski definition) is 3. The van der Waals surface area contributed by atoms with E-state index in [1.54, 1.807) is 0 Å². The standard InChI is InChI=1S/C16H21NOS/c1-3-15-7-8-16(19-15)12-17-9-10-18-14-6-4-5-13(2)11-14/h4-8,11,17H,3,9-10,12H2,1-2H3. The molecule has 102 valence electrons. The van der Waals surface area contributed by atoms with Gasteiger partial charge in [-0.3, -0.25) is 0 Å². The van der Waals surface area contributed by atoms with Gasteiger partial charge in [-0.25, -0.2) is 0 Å². The van der Waals surface area contributed by atoms with Crippen LogP contribution in [0.2, 0.25) is 0 Å². The summed E-state index contributed by atoms with van der Waals surface area (Å²) < 4.78 is 5.69. The summed E-state index contributed by atoms with van der Waals surface area (Å²) in [5, 5.41) is 3.41. The van der Waals surface area contributed by atoms with Crippen molar-refractivity contribution in [2.75, 3.05) is 13.2 Å². The Labute approximate surface area is 119 Å². The highest BCUT2D eigenvalue weighted by Crippen LogP contribution is 2.16. The molecule has 0 aliphatic rings. The zero-order valence-corrected chi connectivity index (χ0v) is 12.4. The largest absolute Gasteiger partial charge is 0.492 e. The van der Waals surface area contributed by atoms with E-state index in [4.69, 9.17) is 4.74 Å². The number of ether oxygens (including phenoxy) is 1. The third-order valence-corrected chi connectivity index (χ3v) is 4.13. The van der Waals surface area contributed by atoms with Gasteiger partial charge < -0.3 is 10.1 Å². The van der Waals surface area contributed by atoms with E-state index in [0.29, 0.717) is 6.61 Å². The molecule has 0 fully saturated rings. The molecule has 0 spiro atoms. The molecule has 0 aliphatic carbocycles. The van der Waals surface area contributed by atoms with Crippen LogP contribution in [0.4, 0.5) is 0 Å². The van der Waals surface area contributed by atoms with Gasteiger partial charge >= 0.3 is 0 Å². The zero-order valence-electron chi connectivity index (χ0n) is 11.6. The van der Waals surface area contributed by atoms with E-state index in [2.05, 4.69) is 43.4 Å². The molecule has 3 heteroatoms. The Morgan fingerprint density at radius 2 is 2.00 bits per heavy atom. The van der Waals surface area contributed by atoms with E-state index in [1.165, 1.54) is 15.3 Å². The maximum atomic E-state index is 5.69. The molecule has 0 radical (unpaired) electrons. The van der Waals surface area contributed by atoms with Crippen LogP contribution in [0.15, 0.2) is 36.4 Å². The van der Waals surface area contributed by atoms with E-state index in [-0.39, 0.29) is 0 Å². The highest BCUT2D eigenvalue weighted by Gasteiger charge is 1.98. The number of rotatable bonds is 7. The minimum Gasteiger partial charge on any atom is -0.492 e. The Bertz CT molecular complexity index is 507. The third-order valence-electron chi connectivity index (χ3n) is 2.90. The van der Waals surface area contributed by atoms with Gasteiger partial charge in [-0.1, -0.05) is 19.1 Å². The lowest BCUT2D eigenvalue weighted by atomic mass is 10.2. The molecule has 0 saturated carbocycles. The molecule has 1 heterocycles. The lowest BCUT2D eigenvalue weighted by Crippen LogP contribution is -2.20. The van der Waals surface area contributed by atoms with Crippen LogP contribution in [-0.4, -0.2) is 13.2 Å².